The van der Waals surface area contributed by atoms with Crippen molar-refractivity contribution < 1.29 is 64.7 Å². The van der Waals surface area contributed by atoms with E-state index in [0.29, 0.717) is 17.5 Å². The first-order valence-corrected chi connectivity index (χ1v) is 26.2. The number of fused-ring (bicyclic) bond motifs is 2. The van der Waals surface area contributed by atoms with Crippen LogP contribution in [-0.2, 0) is 50.5 Å². The Morgan fingerprint density at radius 1 is 0.625 bits per heavy atom. The predicted octanol–water partition coefficient (Wildman–Crippen LogP) is 7.09. The SMILES string of the molecule is CCC(C)NS(=O)(=O)c1ccccc1-c1c2cc(S(=O)(=O)O)c(=Nc3c(C)cc(C)c(S(=O)(=O)O)c3C)cc-2oc2cc(Nc3c(C)cc(C)c(S(=O)(=O)O)c3C)c(S(=O)(=O)O)cc12. The number of hydrogen-bond donors (Lipinski definition) is 6. The molecule has 0 aromatic heterocycles. The van der Waals surface area contributed by atoms with Crippen molar-refractivity contribution in [3.05, 3.63) is 99.4 Å². The summed E-state index contributed by atoms with van der Waals surface area (Å²) in [6.07, 6.45) is 0.381. The van der Waals surface area contributed by atoms with Crippen LogP contribution in [0.2, 0.25) is 0 Å². The number of nitrogens with zero attached hydrogens (tertiary/aromatic N) is 1. The topological polar surface area (TPSA) is 301 Å². The summed E-state index contributed by atoms with van der Waals surface area (Å²) >= 11 is 0. The third kappa shape index (κ3) is 9.22. The fourth-order valence-corrected chi connectivity index (χ4v) is 12.6. The molecule has 0 bridgehead atoms. The van der Waals surface area contributed by atoms with E-state index < -0.39 is 81.5 Å². The molecule has 4 aromatic carbocycles. The molecule has 1 unspecified atom stereocenters. The average molecular weight is 978 g/mol. The van der Waals surface area contributed by atoms with Gasteiger partial charge in [0, 0.05) is 45.9 Å². The van der Waals surface area contributed by atoms with Crippen molar-refractivity contribution in [1.82, 2.24) is 4.72 Å². The first kappa shape index (κ1) is 48.4. The summed E-state index contributed by atoms with van der Waals surface area (Å²) < 4.78 is 181. The van der Waals surface area contributed by atoms with Crippen molar-refractivity contribution in [3.63, 3.8) is 0 Å². The molecule has 18 nitrogen and oxygen atoms in total. The maximum Gasteiger partial charge on any atom is 0.296 e. The van der Waals surface area contributed by atoms with E-state index in [-0.39, 0.29) is 77.6 Å². The van der Waals surface area contributed by atoms with Crippen LogP contribution in [0.3, 0.4) is 0 Å². The number of sulfonamides is 1. The van der Waals surface area contributed by atoms with Crippen LogP contribution in [-0.4, -0.2) is 66.3 Å². The van der Waals surface area contributed by atoms with E-state index in [1.807, 2.05) is 0 Å². The number of aryl methyl sites for hydroxylation is 4. The molecular weight excluding hydrogens is 935 g/mol. The molecule has 1 atom stereocenters. The van der Waals surface area contributed by atoms with Crippen molar-refractivity contribution in [3.8, 4) is 22.5 Å². The van der Waals surface area contributed by atoms with Gasteiger partial charge in [0.2, 0.25) is 10.0 Å². The third-order valence-corrected chi connectivity index (χ3v) is 16.4. The monoisotopic (exact) mass is 977 g/mol. The fraction of sp³-hybridized carbons (Fsp3) is 0.244. The lowest BCUT2D eigenvalue weighted by Gasteiger charge is -2.22. The molecule has 1 heterocycles. The van der Waals surface area contributed by atoms with Gasteiger partial charge < -0.3 is 9.73 Å². The van der Waals surface area contributed by atoms with E-state index >= 15 is 0 Å². The molecule has 6 rings (SSSR count). The van der Waals surface area contributed by atoms with Gasteiger partial charge in [0.15, 0.2) is 0 Å². The lowest BCUT2D eigenvalue weighted by molar-refractivity contribution is 0.479. The van der Waals surface area contributed by atoms with Crippen molar-refractivity contribution in [2.24, 2.45) is 4.99 Å². The van der Waals surface area contributed by atoms with Gasteiger partial charge in [-0.25, -0.2) is 18.1 Å². The minimum absolute atomic E-state index is 0.0167. The second-order valence-corrected chi connectivity index (χ2v) is 22.5. The Hall–Kier alpha value is -5.08. The molecule has 6 N–H and O–H groups in total. The van der Waals surface area contributed by atoms with Crippen LogP contribution in [0, 0.1) is 41.5 Å². The van der Waals surface area contributed by atoms with Gasteiger partial charge in [-0.1, -0.05) is 37.3 Å². The molecule has 23 heteroatoms. The maximum atomic E-state index is 14.1. The Kier molecular flexibility index (Phi) is 12.6. The van der Waals surface area contributed by atoms with Crippen LogP contribution in [0.25, 0.3) is 33.4 Å². The van der Waals surface area contributed by atoms with Gasteiger partial charge in [0.1, 0.15) is 30.9 Å². The van der Waals surface area contributed by atoms with Gasteiger partial charge in [-0.3, -0.25) is 18.2 Å². The predicted molar refractivity (Wildman–Crippen MR) is 237 cm³/mol. The Balaban J connectivity index is 1.85. The van der Waals surface area contributed by atoms with Gasteiger partial charge in [0.25, 0.3) is 40.5 Å². The van der Waals surface area contributed by atoms with E-state index in [4.69, 9.17) is 4.42 Å². The molecular formula is C41H43N3O15S5. The molecule has 0 saturated heterocycles. The lowest BCUT2D eigenvalue weighted by atomic mass is 9.93. The summed E-state index contributed by atoms with van der Waals surface area (Å²) in [6, 6.07) is 11.7. The zero-order valence-electron chi connectivity index (χ0n) is 35.3. The number of anilines is 2. The first-order chi connectivity index (χ1) is 29.4. The van der Waals surface area contributed by atoms with Crippen LogP contribution in [0.15, 0.2) is 94.6 Å². The summed E-state index contributed by atoms with van der Waals surface area (Å²) in [5, 5.41) is 2.13. The van der Waals surface area contributed by atoms with E-state index in [1.165, 1.54) is 64.1 Å². The fourth-order valence-electron chi connectivity index (χ4n) is 7.89. The van der Waals surface area contributed by atoms with Crippen molar-refractivity contribution in [1.29, 1.82) is 0 Å². The Bertz CT molecular complexity index is 3590. The van der Waals surface area contributed by atoms with E-state index in [9.17, 15) is 60.3 Å². The van der Waals surface area contributed by atoms with Crippen LogP contribution in [0.1, 0.15) is 53.6 Å². The quantitative estimate of drug-likeness (QED) is 0.0526. The largest absolute Gasteiger partial charge is 0.456 e. The third-order valence-electron chi connectivity index (χ3n) is 10.6. The number of benzene rings is 5. The highest BCUT2D eigenvalue weighted by Crippen LogP contribution is 2.46. The van der Waals surface area contributed by atoms with Crippen molar-refractivity contribution in [2.45, 2.75) is 92.3 Å². The van der Waals surface area contributed by atoms with Crippen molar-refractivity contribution >= 4 is 78.5 Å². The Morgan fingerprint density at radius 3 is 1.75 bits per heavy atom. The molecule has 0 fully saturated rings. The van der Waals surface area contributed by atoms with Gasteiger partial charge in [-0.15, -0.1) is 0 Å². The summed E-state index contributed by atoms with van der Waals surface area (Å²) in [4.78, 5) is 1.43. The molecule has 1 aliphatic carbocycles. The van der Waals surface area contributed by atoms with E-state index in [1.54, 1.807) is 27.7 Å². The van der Waals surface area contributed by atoms with E-state index in [0.717, 1.165) is 24.3 Å². The molecule has 4 aromatic rings. The normalized spacial score (nSPS) is 13.8. The highest BCUT2D eigenvalue weighted by Gasteiger charge is 2.31. The highest BCUT2D eigenvalue weighted by atomic mass is 32.2. The second kappa shape index (κ2) is 16.7. The minimum atomic E-state index is -5.27. The number of hydrogen-bond acceptors (Lipinski definition) is 13. The van der Waals surface area contributed by atoms with Gasteiger partial charge >= 0.3 is 0 Å². The first-order valence-electron chi connectivity index (χ1n) is 19.0. The standard InChI is InChI=1S/C41H43N3O15S5/c1-9-24(6)44-60(45,46)34-13-11-10-12-27(34)37-28-16-35(61(47,48)49)30(42-38-20(2)14-22(4)40(25(38)7)63(53,54)55)18-32(28)59-33-19-31(36(17-29(33)37)62(50,51)52)43-39-21(3)15-23(5)41(26(39)8)64(56,57)58/h10-19,24,42,44H,9H2,1-8H3,(H,47,48,49)(H,50,51,52)(H,53,54,55)(H,56,57,58). The second-order valence-electron chi connectivity index (χ2n) is 15.4. The maximum absolute atomic E-state index is 14.1. The molecule has 0 saturated carbocycles. The molecule has 64 heavy (non-hydrogen) atoms. The summed E-state index contributed by atoms with van der Waals surface area (Å²) in [7, 11) is -24.5. The zero-order valence-corrected chi connectivity index (χ0v) is 39.4. The summed E-state index contributed by atoms with van der Waals surface area (Å²) in [5.41, 5.74) is -0.238. The van der Waals surface area contributed by atoms with Crippen LogP contribution in [0.4, 0.5) is 17.1 Å². The number of rotatable bonds is 12. The molecule has 0 amide bonds. The summed E-state index contributed by atoms with van der Waals surface area (Å²) in [5.74, 6) is -0.241. The zero-order chi connectivity index (χ0) is 47.8. The van der Waals surface area contributed by atoms with Crippen molar-refractivity contribution in [2.75, 3.05) is 5.32 Å². The van der Waals surface area contributed by atoms with Crippen LogP contribution in [0.5, 0.6) is 0 Å². The van der Waals surface area contributed by atoms with Gasteiger partial charge in [0.05, 0.1) is 21.6 Å². The minimum Gasteiger partial charge on any atom is -0.456 e. The van der Waals surface area contributed by atoms with E-state index in [2.05, 4.69) is 15.0 Å². The summed E-state index contributed by atoms with van der Waals surface area (Å²) in [6.45, 7) is 12.0. The lowest BCUT2D eigenvalue weighted by Crippen LogP contribution is -2.32. The van der Waals surface area contributed by atoms with Crippen LogP contribution < -0.4 is 15.4 Å². The molecule has 342 valence electrons. The average Bonchev–Trinajstić information content (AvgIpc) is 3.14. The molecule has 1 aliphatic heterocycles. The van der Waals surface area contributed by atoms with Gasteiger partial charge in [-0.05, 0) is 106 Å². The molecule has 0 spiro atoms. The smallest absolute Gasteiger partial charge is 0.296 e. The van der Waals surface area contributed by atoms with Crippen LogP contribution >= 0.6 is 0 Å². The highest BCUT2D eigenvalue weighted by molar-refractivity contribution is 7.89. The molecule has 0 radical (unpaired) electrons. The molecule has 2 aliphatic rings. The number of nitrogens with one attached hydrogen (secondary N) is 2. The Labute approximate surface area is 370 Å². The Morgan fingerprint density at radius 2 is 1.19 bits per heavy atom. The van der Waals surface area contributed by atoms with Gasteiger partial charge in [-0.2, -0.15) is 33.7 Å².